The molecule has 1 unspecified atom stereocenters. The average molecular weight is 549 g/mol. The fraction of sp³-hybridized carbons (Fsp3) is 0.161. The Morgan fingerprint density at radius 1 is 1.17 bits per heavy atom. The average Bonchev–Trinajstić information content (AvgIpc) is 3.48. The molecule has 1 aliphatic rings. The second kappa shape index (κ2) is 12.2. The number of carbonyl (C=O) groups excluding carboxylic acids is 1. The van der Waals surface area contributed by atoms with E-state index in [1.807, 2.05) is 61.0 Å². The molecule has 1 aromatic carbocycles. The highest BCUT2D eigenvalue weighted by molar-refractivity contribution is 5.92. The van der Waals surface area contributed by atoms with E-state index in [0.29, 0.717) is 29.1 Å². The molecule has 4 heterocycles. The molecule has 0 saturated carbocycles. The molecule has 0 fully saturated rings. The summed E-state index contributed by atoms with van der Waals surface area (Å²) >= 11 is 0. The van der Waals surface area contributed by atoms with Crippen molar-refractivity contribution < 1.29 is 14.5 Å². The van der Waals surface area contributed by atoms with Crippen LogP contribution in [0.1, 0.15) is 36.7 Å². The van der Waals surface area contributed by atoms with Crippen LogP contribution in [0.3, 0.4) is 0 Å². The topological polar surface area (TPSA) is 125 Å². The Hall–Kier alpha value is -5.38. The van der Waals surface area contributed by atoms with Crippen LogP contribution in [0.25, 0.3) is 17.3 Å². The number of non-ortho nitro benzene ring substituents is 1. The summed E-state index contributed by atoms with van der Waals surface area (Å²) in [6.45, 7) is 4.48. The van der Waals surface area contributed by atoms with Crippen molar-refractivity contribution in [3.05, 3.63) is 136 Å². The van der Waals surface area contributed by atoms with Crippen LogP contribution in [0, 0.1) is 10.1 Å². The summed E-state index contributed by atoms with van der Waals surface area (Å²) in [5.74, 6) is -0.793. The molecule has 0 bridgehead atoms. The van der Waals surface area contributed by atoms with Gasteiger partial charge in [-0.25, -0.2) is 9.78 Å². The molecule has 1 aliphatic heterocycles. The van der Waals surface area contributed by atoms with Crippen molar-refractivity contribution >= 4 is 17.7 Å². The third-order valence-corrected chi connectivity index (χ3v) is 6.57. The maximum atomic E-state index is 13.2. The Morgan fingerprint density at radius 3 is 2.78 bits per heavy atom. The molecule has 10 nitrogen and oxygen atoms in total. The summed E-state index contributed by atoms with van der Waals surface area (Å²) in [5, 5.41) is 14.4. The number of nitrogens with one attached hydrogen (secondary N) is 1. The molecule has 0 radical (unpaired) electrons. The van der Waals surface area contributed by atoms with Crippen molar-refractivity contribution in [2.24, 2.45) is 0 Å². The number of nitro groups is 1. The van der Waals surface area contributed by atoms with Crippen LogP contribution in [-0.2, 0) is 16.1 Å². The van der Waals surface area contributed by atoms with Gasteiger partial charge >= 0.3 is 5.97 Å². The van der Waals surface area contributed by atoms with Gasteiger partial charge in [-0.3, -0.25) is 20.1 Å². The monoisotopic (exact) mass is 548 g/mol. The highest BCUT2D eigenvalue weighted by atomic mass is 16.6. The van der Waals surface area contributed by atoms with E-state index in [1.165, 1.54) is 12.1 Å². The first-order valence-electron chi connectivity index (χ1n) is 13.0. The van der Waals surface area contributed by atoms with Crippen molar-refractivity contribution in [2.75, 3.05) is 6.61 Å². The highest BCUT2D eigenvalue weighted by Gasteiger charge is 2.28. The molecule has 10 heteroatoms. The second-order valence-corrected chi connectivity index (χ2v) is 9.56. The zero-order valence-electron chi connectivity index (χ0n) is 22.6. The first-order valence-corrected chi connectivity index (χ1v) is 13.0. The first-order chi connectivity index (χ1) is 19.9. The van der Waals surface area contributed by atoms with Crippen molar-refractivity contribution in [1.29, 1.82) is 0 Å². The number of esters is 1. The van der Waals surface area contributed by atoms with E-state index in [0.717, 1.165) is 22.6 Å². The third-order valence-electron chi connectivity index (χ3n) is 6.57. The summed E-state index contributed by atoms with van der Waals surface area (Å²) in [6.07, 6.45) is 12.6. The molecule has 1 N–H and O–H groups in total. The fourth-order valence-electron chi connectivity index (χ4n) is 4.67. The Labute approximate surface area is 236 Å². The van der Waals surface area contributed by atoms with E-state index in [-0.39, 0.29) is 18.2 Å². The number of pyridine rings is 2. The lowest BCUT2D eigenvalue weighted by molar-refractivity contribution is -0.384. The molecule has 4 aromatic rings. The number of rotatable bonds is 9. The molecule has 0 spiro atoms. The molecule has 0 saturated heterocycles. The Balaban J connectivity index is 1.27. The summed E-state index contributed by atoms with van der Waals surface area (Å²) < 4.78 is 7.57. The maximum absolute atomic E-state index is 13.2. The Bertz CT molecular complexity index is 1660. The Morgan fingerprint density at radius 2 is 2.02 bits per heavy atom. The van der Waals surface area contributed by atoms with Crippen molar-refractivity contribution in [3.63, 3.8) is 0 Å². The molecule has 0 aliphatic carbocycles. The largest absolute Gasteiger partial charge is 0.458 e. The van der Waals surface area contributed by atoms with Gasteiger partial charge in [0, 0.05) is 53.6 Å². The number of allylic oxidation sites excluding steroid dienone is 3. The van der Waals surface area contributed by atoms with Gasteiger partial charge in [-0.2, -0.15) is 0 Å². The first kappa shape index (κ1) is 27.2. The molecule has 41 heavy (non-hydrogen) atoms. The van der Waals surface area contributed by atoms with E-state index < -0.39 is 10.9 Å². The van der Waals surface area contributed by atoms with Crippen molar-refractivity contribution in [2.45, 2.75) is 26.3 Å². The number of benzene rings is 1. The van der Waals surface area contributed by atoms with E-state index >= 15 is 0 Å². The zero-order valence-corrected chi connectivity index (χ0v) is 22.6. The highest BCUT2D eigenvalue weighted by Crippen LogP contribution is 2.33. The van der Waals surface area contributed by atoms with E-state index in [2.05, 4.69) is 20.3 Å². The molecule has 1 atom stereocenters. The molecule has 3 aromatic heterocycles. The quantitative estimate of drug-likeness (QED) is 0.167. The van der Waals surface area contributed by atoms with Gasteiger partial charge in [-0.1, -0.05) is 30.3 Å². The van der Waals surface area contributed by atoms with Gasteiger partial charge < -0.3 is 14.6 Å². The minimum atomic E-state index is -0.433. The fourth-order valence-corrected chi connectivity index (χ4v) is 4.67. The van der Waals surface area contributed by atoms with Crippen LogP contribution in [0.5, 0.6) is 0 Å². The summed E-state index contributed by atoms with van der Waals surface area (Å²) in [6, 6.07) is 15.8. The Kier molecular flexibility index (Phi) is 8.10. The van der Waals surface area contributed by atoms with E-state index in [9.17, 15) is 14.9 Å². The number of hydrogen-bond acceptors (Lipinski definition) is 8. The molecule has 0 amide bonds. The van der Waals surface area contributed by atoms with Crippen LogP contribution in [-0.4, -0.2) is 37.0 Å². The van der Waals surface area contributed by atoms with Crippen LogP contribution in [0.15, 0.2) is 109 Å². The van der Waals surface area contributed by atoms with Crippen LogP contribution >= 0.6 is 0 Å². The predicted molar refractivity (Wildman–Crippen MR) is 154 cm³/mol. The van der Waals surface area contributed by atoms with E-state index in [4.69, 9.17) is 4.74 Å². The number of carbonyl (C=O) groups is 1. The third kappa shape index (κ3) is 6.62. The van der Waals surface area contributed by atoms with Gasteiger partial charge in [0.1, 0.15) is 6.61 Å². The lowest BCUT2D eigenvalue weighted by atomic mass is 9.87. The smallest absolute Gasteiger partial charge is 0.337 e. The van der Waals surface area contributed by atoms with Crippen molar-refractivity contribution in [1.82, 2.24) is 24.8 Å². The summed E-state index contributed by atoms with van der Waals surface area (Å²) in [7, 11) is 0. The molecular formula is C31H28N6O4. The van der Waals surface area contributed by atoms with Gasteiger partial charge in [0.05, 0.1) is 40.5 Å². The number of aromatic nitrogens is 4. The van der Waals surface area contributed by atoms with Crippen molar-refractivity contribution in [3.8, 4) is 11.3 Å². The summed E-state index contributed by atoms with van der Waals surface area (Å²) in [5.41, 5.74) is 5.82. The SMILES string of the molecule is CC1=CC(c2ccc(-c3cccc([N+](=O)[O-])c3)nc2)C(C(=O)OC/C=C/c2cccc(Cn3ccnc3)n2)=C(C)N1. The second-order valence-electron chi connectivity index (χ2n) is 9.56. The lowest BCUT2D eigenvalue weighted by Crippen LogP contribution is -2.25. The van der Waals surface area contributed by atoms with Crippen LogP contribution in [0.4, 0.5) is 5.69 Å². The van der Waals surface area contributed by atoms with Crippen LogP contribution in [0.2, 0.25) is 0 Å². The van der Waals surface area contributed by atoms with Gasteiger partial charge in [0.25, 0.3) is 5.69 Å². The van der Waals surface area contributed by atoms with Gasteiger partial charge in [0.2, 0.25) is 0 Å². The minimum absolute atomic E-state index is 0.000830. The number of ether oxygens (including phenoxy) is 1. The molecular weight excluding hydrogens is 520 g/mol. The van der Waals surface area contributed by atoms with Gasteiger partial charge in [-0.05, 0) is 49.8 Å². The molecule has 5 rings (SSSR count). The zero-order chi connectivity index (χ0) is 28.8. The normalized spacial score (nSPS) is 15.0. The number of dihydropyridines is 1. The van der Waals surface area contributed by atoms with Gasteiger partial charge in [-0.15, -0.1) is 0 Å². The van der Waals surface area contributed by atoms with Crippen LogP contribution < -0.4 is 5.32 Å². The number of nitrogens with zero attached hydrogens (tertiary/aromatic N) is 5. The number of imidazole rings is 1. The lowest BCUT2D eigenvalue weighted by Gasteiger charge is -2.25. The minimum Gasteiger partial charge on any atom is -0.458 e. The molecule has 206 valence electrons. The number of nitro benzene ring substituents is 1. The van der Waals surface area contributed by atoms with Gasteiger partial charge in [0.15, 0.2) is 0 Å². The summed E-state index contributed by atoms with van der Waals surface area (Å²) in [4.78, 5) is 37.2. The standard InChI is InChI=1S/C31H28N6O4/c1-21-16-28(24-11-12-29(33-18-24)23-6-3-10-27(17-23)37(39)40)30(22(2)34-21)31(38)41-15-5-9-25-7-4-8-26(35-25)19-36-14-13-32-20-36/h3-14,16-18,20,28,34H,15,19H2,1-2H3/b9-5+. The maximum Gasteiger partial charge on any atom is 0.337 e. The predicted octanol–water partition coefficient (Wildman–Crippen LogP) is 5.42. The van der Waals surface area contributed by atoms with E-state index in [1.54, 1.807) is 43.0 Å². The number of hydrogen-bond donors (Lipinski definition) is 1.